The van der Waals surface area contributed by atoms with Gasteiger partial charge in [-0.2, -0.15) is 0 Å². The summed E-state index contributed by atoms with van der Waals surface area (Å²) in [6.45, 7) is 3.95. The topological polar surface area (TPSA) is 49.8 Å². The van der Waals surface area contributed by atoms with E-state index in [0.717, 1.165) is 35.3 Å². The second-order valence-corrected chi connectivity index (χ2v) is 5.24. The fourth-order valence-corrected chi connectivity index (χ4v) is 2.26. The molecule has 1 saturated carbocycles. The van der Waals surface area contributed by atoms with Crippen molar-refractivity contribution < 1.29 is 14.6 Å². The Bertz CT molecular complexity index is 457. The number of nitrogens with zero attached hydrogens (tertiary/aromatic N) is 1. The van der Waals surface area contributed by atoms with E-state index in [1.54, 1.807) is 4.90 Å². The molecule has 1 aromatic carbocycles. The van der Waals surface area contributed by atoms with E-state index >= 15 is 0 Å². The van der Waals surface area contributed by atoms with E-state index in [4.69, 9.17) is 9.84 Å². The van der Waals surface area contributed by atoms with E-state index in [1.807, 2.05) is 33.0 Å². The molecule has 0 aliphatic heterocycles. The Morgan fingerprint density at radius 3 is 2.42 bits per heavy atom. The van der Waals surface area contributed by atoms with Gasteiger partial charge in [0.15, 0.2) is 6.61 Å². The van der Waals surface area contributed by atoms with Crippen molar-refractivity contribution in [1.82, 2.24) is 4.90 Å². The lowest BCUT2D eigenvalue weighted by molar-refractivity contribution is -0.132. The standard InChI is InChI=1S/C15H21NO3/c1-10-6-12(8-17)7-11(2)15(10)19-9-14(18)16(3)13-4-5-13/h6-7,13,17H,4-5,8-9H2,1-3H3. The number of hydrogen-bond acceptors (Lipinski definition) is 3. The summed E-state index contributed by atoms with van der Waals surface area (Å²) in [5.74, 6) is 0.766. The van der Waals surface area contributed by atoms with Crippen LogP contribution in [0.15, 0.2) is 12.1 Å². The fraction of sp³-hybridized carbons (Fsp3) is 0.533. The summed E-state index contributed by atoms with van der Waals surface area (Å²) in [4.78, 5) is 13.7. The Balaban J connectivity index is 2.00. The fourth-order valence-electron chi connectivity index (χ4n) is 2.26. The first-order valence-electron chi connectivity index (χ1n) is 6.62. The summed E-state index contributed by atoms with van der Waals surface area (Å²) < 4.78 is 5.66. The lowest BCUT2D eigenvalue weighted by atomic mass is 10.1. The van der Waals surface area contributed by atoms with Crippen LogP contribution in [-0.2, 0) is 11.4 Å². The summed E-state index contributed by atoms with van der Waals surface area (Å²) in [7, 11) is 1.83. The molecule has 1 aliphatic carbocycles. The molecule has 1 aliphatic rings. The van der Waals surface area contributed by atoms with E-state index in [9.17, 15) is 4.79 Å². The molecule has 2 rings (SSSR count). The number of amides is 1. The van der Waals surface area contributed by atoms with Crippen molar-refractivity contribution in [3.63, 3.8) is 0 Å². The maximum absolute atomic E-state index is 11.9. The molecule has 19 heavy (non-hydrogen) atoms. The third kappa shape index (κ3) is 3.26. The van der Waals surface area contributed by atoms with Crippen molar-refractivity contribution in [1.29, 1.82) is 0 Å². The van der Waals surface area contributed by atoms with E-state index < -0.39 is 0 Å². The van der Waals surface area contributed by atoms with Crippen molar-refractivity contribution in [2.24, 2.45) is 0 Å². The molecule has 1 aromatic rings. The third-order valence-electron chi connectivity index (χ3n) is 3.53. The van der Waals surface area contributed by atoms with Crippen LogP contribution < -0.4 is 4.74 Å². The van der Waals surface area contributed by atoms with Crippen LogP contribution in [0.25, 0.3) is 0 Å². The normalized spacial score (nSPS) is 14.3. The van der Waals surface area contributed by atoms with Crippen LogP contribution in [0.2, 0.25) is 0 Å². The van der Waals surface area contributed by atoms with E-state index in [1.165, 1.54) is 0 Å². The van der Waals surface area contributed by atoms with Gasteiger partial charge in [0, 0.05) is 13.1 Å². The number of carbonyl (C=O) groups excluding carboxylic acids is 1. The number of rotatable bonds is 5. The van der Waals surface area contributed by atoms with E-state index in [0.29, 0.717) is 6.04 Å². The molecule has 0 unspecified atom stereocenters. The molecule has 0 aromatic heterocycles. The van der Waals surface area contributed by atoms with Crippen LogP contribution in [0.1, 0.15) is 29.5 Å². The highest BCUT2D eigenvalue weighted by molar-refractivity contribution is 5.78. The van der Waals surface area contributed by atoms with Gasteiger partial charge in [-0.25, -0.2) is 0 Å². The highest BCUT2D eigenvalue weighted by atomic mass is 16.5. The number of aryl methyl sites for hydroxylation is 2. The lowest BCUT2D eigenvalue weighted by Gasteiger charge is -2.18. The Morgan fingerprint density at radius 2 is 1.95 bits per heavy atom. The average molecular weight is 263 g/mol. The highest BCUT2D eigenvalue weighted by Crippen LogP contribution is 2.27. The summed E-state index contributed by atoms with van der Waals surface area (Å²) in [5.41, 5.74) is 2.76. The van der Waals surface area contributed by atoms with Crippen LogP contribution in [0.4, 0.5) is 0 Å². The summed E-state index contributed by atoms with van der Waals surface area (Å²) >= 11 is 0. The number of aliphatic hydroxyl groups excluding tert-OH is 1. The van der Waals surface area contributed by atoms with Gasteiger partial charge in [0.05, 0.1) is 6.61 Å². The zero-order valence-electron chi connectivity index (χ0n) is 11.8. The zero-order valence-corrected chi connectivity index (χ0v) is 11.8. The van der Waals surface area contributed by atoms with Gasteiger partial charge in [0.25, 0.3) is 5.91 Å². The predicted octanol–water partition coefficient (Wildman–Crippen LogP) is 1.80. The van der Waals surface area contributed by atoms with Gasteiger partial charge in [-0.15, -0.1) is 0 Å². The maximum Gasteiger partial charge on any atom is 0.260 e. The van der Waals surface area contributed by atoms with Gasteiger partial charge in [-0.3, -0.25) is 4.79 Å². The molecule has 1 fully saturated rings. The first-order valence-corrected chi connectivity index (χ1v) is 6.62. The van der Waals surface area contributed by atoms with Crippen molar-refractivity contribution in [2.45, 2.75) is 39.3 Å². The molecule has 4 heteroatoms. The Hall–Kier alpha value is -1.55. The van der Waals surface area contributed by atoms with E-state index in [-0.39, 0.29) is 19.1 Å². The Kier molecular flexibility index (Phi) is 4.10. The van der Waals surface area contributed by atoms with Crippen LogP contribution in [0.5, 0.6) is 5.75 Å². The minimum Gasteiger partial charge on any atom is -0.483 e. The van der Waals surface area contributed by atoms with Crippen molar-refractivity contribution in [2.75, 3.05) is 13.7 Å². The smallest absolute Gasteiger partial charge is 0.260 e. The van der Waals surface area contributed by atoms with Gasteiger partial charge < -0.3 is 14.7 Å². The third-order valence-corrected chi connectivity index (χ3v) is 3.53. The average Bonchev–Trinajstić information content (AvgIpc) is 3.20. The summed E-state index contributed by atoms with van der Waals surface area (Å²) in [5, 5.41) is 9.13. The molecule has 0 atom stereocenters. The van der Waals surface area contributed by atoms with Gasteiger partial charge >= 0.3 is 0 Å². The van der Waals surface area contributed by atoms with Crippen molar-refractivity contribution >= 4 is 5.91 Å². The van der Waals surface area contributed by atoms with Gasteiger partial charge in [-0.1, -0.05) is 12.1 Å². The lowest BCUT2D eigenvalue weighted by Crippen LogP contribution is -2.33. The number of hydrogen-bond donors (Lipinski definition) is 1. The van der Waals surface area contributed by atoms with Crippen LogP contribution in [0, 0.1) is 13.8 Å². The Morgan fingerprint density at radius 1 is 1.37 bits per heavy atom. The quantitative estimate of drug-likeness (QED) is 0.881. The molecule has 0 bridgehead atoms. The molecule has 4 nitrogen and oxygen atoms in total. The second-order valence-electron chi connectivity index (χ2n) is 5.24. The molecule has 1 N–H and O–H groups in total. The summed E-state index contributed by atoms with van der Waals surface area (Å²) in [6.07, 6.45) is 2.21. The maximum atomic E-state index is 11.9. The minimum atomic E-state index is 0.0192. The molecule has 0 spiro atoms. The number of ether oxygens (including phenoxy) is 1. The van der Waals surface area contributed by atoms with Crippen molar-refractivity contribution in [3.05, 3.63) is 28.8 Å². The minimum absolute atomic E-state index is 0.0192. The number of aliphatic hydroxyl groups is 1. The highest BCUT2D eigenvalue weighted by Gasteiger charge is 2.29. The predicted molar refractivity (Wildman–Crippen MR) is 73.1 cm³/mol. The number of likely N-dealkylation sites (N-methyl/N-ethyl adjacent to an activating group) is 1. The Labute approximate surface area is 114 Å². The van der Waals surface area contributed by atoms with Gasteiger partial charge in [0.1, 0.15) is 5.75 Å². The van der Waals surface area contributed by atoms with Crippen molar-refractivity contribution in [3.8, 4) is 5.75 Å². The van der Waals surface area contributed by atoms with Crippen LogP contribution >= 0.6 is 0 Å². The first kappa shape index (κ1) is 13.9. The first-order chi connectivity index (χ1) is 9.02. The largest absolute Gasteiger partial charge is 0.483 e. The molecule has 1 amide bonds. The molecule has 0 heterocycles. The second kappa shape index (κ2) is 5.61. The van der Waals surface area contributed by atoms with Crippen LogP contribution in [0.3, 0.4) is 0 Å². The molecule has 0 saturated heterocycles. The molecule has 0 radical (unpaired) electrons. The zero-order chi connectivity index (χ0) is 14.0. The molecular formula is C15H21NO3. The SMILES string of the molecule is Cc1cc(CO)cc(C)c1OCC(=O)N(C)C1CC1. The number of carbonyl (C=O) groups is 1. The van der Waals surface area contributed by atoms with E-state index in [2.05, 4.69) is 0 Å². The molecule has 104 valence electrons. The monoisotopic (exact) mass is 263 g/mol. The molecular weight excluding hydrogens is 242 g/mol. The number of benzene rings is 1. The van der Waals surface area contributed by atoms with Gasteiger partial charge in [0.2, 0.25) is 0 Å². The summed E-state index contributed by atoms with van der Waals surface area (Å²) in [6, 6.07) is 4.18. The van der Waals surface area contributed by atoms with Crippen LogP contribution in [-0.4, -0.2) is 35.6 Å². The van der Waals surface area contributed by atoms with Gasteiger partial charge in [-0.05, 0) is 43.4 Å².